The van der Waals surface area contributed by atoms with Crippen LogP contribution in [0.4, 0.5) is 0 Å². The summed E-state index contributed by atoms with van der Waals surface area (Å²) in [7, 11) is 0. The lowest BCUT2D eigenvalue weighted by Gasteiger charge is -2.21. The predicted molar refractivity (Wildman–Crippen MR) is 49.5 cm³/mol. The van der Waals surface area contributed by atoms with Gasteiger partial charge in [0.2, 0.25) is 0 Å². The summed E-state index contributed by atoms with van der Waals surface area (Å²) in [6.07, 6.45) is 5.24. The molecule has 0 aromatic heterocycles. The lowest BCUT2D eigenvalue weighted by Crippen LogP contribution is -2.33. The Morgan fingerprint density at radius 2 is 2.15 bits per heavy atom. The van der Waals surface area contributed by atoms with Gasteiger partial charge in [-0.3, -0.25) is 0 Å². The van der Waals surface area contributed by atoms with E-state index < -0.39 is 0 Å². The van der Waals surface area contributed by atoms with E-state index in [0.717, 1.165) is 12.8 Å². The van der Waals surface area contributed by atoms with Gasteiger partial charge in [-0.05, 0) is 6.42 Å². The second-order valence-corrected chi connectivity index (χ2v) is 3.38. The van der Waals surface area contributed by atoms with Gasteiger partial charge in [-0.1, -0.05) is 32.6 Å². The van der Waals surface area contributed by atoms with Crippen molar-refractivity contribution in [3.05, 3.63) is 0 Å². The van der Waals surface area contributed by atoms with E-state index in [-0.39, 0.29) is 12.1 Å². The summed E-state index contributed by atoms with van der Waals surface area (Å²) in [6, 6.07) is 0. The Morgan fingerprint density at radius 1 is 1.31 bits per heavy atom. The molecule has 1 saturated heterocycles. The van der Waals surface area contributed by atoms with Crippen LogP contribution in [0.5, 0.6) is 0 Å². The monoisotopic (exact) mass is 186 g/mol. The van der Waals surface area contributed by atoms with E-state index in [1.807, 2.05) is 0 Å². The minimum atomic E-state index is -0.286. The molecule has 0 bridgehead atoms. The third-order valence-electron chi connectivity index (χ3n) is 2.23. The Labute approximate surface area is 79.4 Å². The number of cyclic esters (lactones) is 1. The Kier molecular flexibility index (Phi) is 4.83. The first-order valence-corrected chi connectivity index (χ1v) is 5.13. The molecule has 76 valence electrons. The SMILES string of the molecule is CCCCCCC1OCCOC1=O. The summed E-state index contributed by atoms with van der Waals surface area (Å²) < 4.78 is 10.2. The van der Waals surface area contributed by atoms with Crippen LogP contribution in [0.3, 0.4) is 0 Å². The maximum absolute atomic E-state index is 11.1. The van der Waals surface area contributed by atoms with Gasteiger partial charge >= 0.3 is 5.97 Å². The van der Waals surface area contributed by atoms with Gasteiger partial charge < -0.3 is 9.47 Å². The molecule has 3 heteroatoms. The molecule has 1 aliphatic rings. The summed E-state index contributed by atoms with van der Waals surface area (Å²) in [4.78, 5) is 11.1. The third kappa shape index (κ3) is 3.77. The highest BCUT2D eigenvalue weighted by atomic mass is 16.6. The molecule has 0 amide bonds. The van der Waals surface area contributed by atoms with Gasteiger partial charge in [-0.2, -0.15) is 0 Å². The standard InChI is InChI=1S/C10H18O3/c1-2-3-4-5-6-9-10(11)13-8-7-12-9/h9H,2-8H2,1H3. The number of carbonyl (C=O) groups excluding carboxylic acids is 1. The molecule has 0 aromatic rings. The van der Waals surface area contributed by atoms with Crippen LogP contribution in [0.15, 0.2) is 0 Å². The van der Waals surface area contributed by atoms with E-state index in [2.05, 4.69) is 6.92 Å². The Morgan fingerprint density at radius 3 is 2.85 bits per heavy atom. The molecule has 0 N–H and O–H groups in total. The first-order chi connectivity index (χ1) is 6.34. The second kappa shape index (κ2) is 5.97. The van der Waals surface area contributed by atoms with E-state index in [1.165, 1.54) is 19.3 Å². The fourth-order valence-corrected chi connectivity index (χ4v) is 1.45. The second-order valence-electron chi connectivity index (χ2n) is 3.38. The van der Waals surface area contributed by atoms with Crippen LogP contribution in [0.25, 0.3) is 0 Å². The van der Waals surface area contributed by atoms with Crippen molar-refractivity contribution in [2.24, 2.45) is 0 Å². The molecule has 3 nitrogen and oxygen atoms in total. The highest BCUT2D eigenvalue weighted by Crippen LogP contribution is 2.12. The Hall–Kier alpha value is -0.570. The first kappa shape index (κ1) is 10.5. The van der Waals surface area contributed by atoms with Crippen LogP contribution < -0.4 is 0 Å². The number of rotatable bonds is 5. The smallest absolute Gasteiger partial charge is 0.335 e. The van der Waals surface area contributed by atoms with E-state index in [0.29, 0.717) is 13.2 Å². The van der Waals surface area contributed by atoms with Gasteiger partial charge in [-0.25, -0.2) is 4.79 Å². The molecule has 1 rings (SSSR count). The lowest BCUT2D eigenvalue weighted by molar-refractivity contribution is -0.171. The largest absolute Gasteiger partial charge is 0.461 e. The third-order valence-corrected chi connectivity index (χ3v) is 2.23. The van der Waals surface area contributed by atoms with Crippen LogP contribution in [0.2, 0.25) is 0 Å². The van der Waals surface area contributed by atoms with Crippen LogP contribution >= 0.6 is 0 Å². The minimum Gasteiger partial charge on any atom is -0.461 e. The topological polar surface area (TPSA) is 35.5 Å². The predicted octanol–water partition coefficient (Wildman–Crippen LogP) is 1.90. The molecule has 1 fully saturated rings. The molecule has 1 aliphatic heterocycles. The maximum atomic E-state index is 11.1. The van der Waals surface area contributed by atoms with Gasteiger partial charge in [0.1, 0.15) is 6.61 Å². The molecular weight excluding hydrogens is 168 g/mol. The van der Waals surface area contributed by atoms with Gasteiger partial charge in [0.25, 0.3) is 0 Å². The van der Waals surface area contributed by atoms with Gasteiger partial charge in [0.05, 0.1) is 6.61 Å². The zero-order valence-electron chi connectivity index (χ0n) is 8.25. The first-order valence-electron chi connectivity index (χ1n) is 5.13. The average molecular weight is 186 g/mol. The van der Waals surface area contributed by atoms with Gasteiger partial charge in [-0.15, -0.1) is 0 Å². The molecule has 0 spiro atoms. The van der Waals surface area contributed by atoms with Crippen molar-refractivity contribution in [2.75, 3.05) is 13.2 Å². The van der Waals surface area contributed by atoms with E-state index in [9.17, 15) is 4.79 Å². The number of esters is 1. The Bertz CT molecular complexity index is 156. The Balaban J connectivity index is 2.08. The zero-order valence-corrected chi connectivity index (χ0v) is 8.25. The van der Waals surface area contributed by atoms with Gasteiger partial charge in [0.15, 0.2) is 6.10 Å². The maximum Gasteiger partial charge on any atom is 0.335 e. The van der Waals surface area contributed by atoms with Crippen molar-refractivity contribution >= 4 is 5.97 Å². The number of hydrogen-bond acceptors (Lipinski definition) is 3. The molecule has 0 radical (unpaired) electrons. The number of unbranched alkanes of at least 4 members (excludes halogenated alkanes) is 3. The molecule has 1 unspecified atom stereocenters. The minimum absolute atomic E-state index is 0.178. The van der Waals surface area contributed by atoms with Crippen molar-refractivity contribution in [1.82, 2.24) is 0 Å². The quantitative estimate of drug-likeness (QED) is 0.486. The van der Waals surface area contributed by atoms with Crippen LogP contribution in [-0.4, -0.2) is 25.3 Å². The van der Waals surface area contributed by atoms with E-state index in [1.54, 1.807) is 0 Å². The van der Waals surface area contributed by atoms with E-state index in [4.69, 9.17) is 9.47 Å². The highest BCUT2D eigenvalue weighted by Gasteiger charge is 2.23. The number of ether oxygens (including phenoxy) is 2. The van der Waals surface area contributed by atoms with Crippen LogP contribution in [0, 0.1) is 0 Å². The molecule has 0 saturated carbocycles. The highest BCUT2D eigenvalue weighted by molar-refractivity contribution is 5.75. The normalized spacial score (nSPS) is 22.8. The fourth-order valence-electron chi connectivity index (χ4n) is 1.45. The number of carbonyl (C=O) groups is 1. The molecule has 1 heterocycles. The van der Waals surface area contributed by atoms with Crippen molar-refractivity contribution in [3.63, 3.8) is 0 Å². The van der Waals surface area contributed by atoms with Gasteiger partial charge in [0, 0.05) is 0 Å². The number of hydrogen-bond donors (Lipinski definition) is 0. The zero-order chi connectivity index (χ0) is 9.52. The fraction of sp³-hybridized carbons (Fsp3) is 0.900. The van der Waals surface area contributed by atoms with Crippen molar-refractivity contribution < 1.29 is 14.3 Å². The molecule has 0 aromatic carbocycles. The summed E-state index contributed by atoms with van der Waals surface area (Å²) in [6.45, 7) is 3.15. The van der Waals surface area contributed by atoms with Crippen molar-refractivity contribution in [3.8, 4) is 0 Å². The molecule has 13 heavy (non-hydrogen) atoms. The summed E-state index contributed by atoms with van der Waals surface area (Å²) in [5.41, 5.74) is 0. The van der Waals surface area contributed by atoms with Crippen molar-refractivity contribution in [1.29, 1.82) is 0 Å². The molecule has 1 atom stereocenters. The van der Waals surface area contributed by atoms with E-state index >= 15 is 0 Å². The average Bonchev–Trinajstić information content (AvgIpc) is 2.15. The van der Waals surface area contributed by atoms with Crippen LogP contribution in [0.1, 0.15) is 39.0 Å². The summed E-state index contributed by atoms with van der Waals surface area (Å²) in [5.74, 6) is -0.178. The van der Waals surface area contributed by atoms with Crippen molar-refractivity contribution in [2.45, 2.75) is 45.1 Å². The lowest BCUT2D eigenvalue weighted by atomic mass is 10.1. The summed E-state index contributed by atoms with van der Waals surface area (Å²) >= 11 is 0. The molecular formula is C10H18O3. The van der Waals surface area contributed by atoms with Crippen LogP contribution in [-0.2, 0) is 14.3 Å². The molecule has 0 aliphatic carbocycles. The summed E-state index contributed by atoms with van der Waals surface area (Å²) in [5, 5.41) is 0.